The molecule has 3 rings (SSSR count). The molecule has 1 atom stereocenters. The number of benzene rings is 2. The van der Waals surface area contributed by atoms with Crippen LogP contribution in [-0.2, 0) is 16.0 Å². The summed E-state index contributed by atoms with van der Waals surface area (Å²) in [6.45, 7) is 4.01. The van der Waals surface area contributed by atoms with E-state index in [1.54, 1.807) is 11.8 Å². The minimum atomic E-state index is -0.276. The molecule has 2 amide bonds. The number of hydrogen-bond donors (Lipinski definition) is 2. The molecule has 0 saturated heterocycles. The van der Waals surface area contributed by atoms with Crippen molar-refractivity contribution < 1.29 is 9.59 Å². The highest BCUT2D eigenvalue weighted by molar-refractivity contribution is 8.00. The summed E-state index contributed by atoms with van der Waals surface area (Å²) in [5, 5.41) is 6.72. The van der Waals surface area contributed by atoms with E-state index in [-0.39, 0.29) is 17.1 Å². The van der Waals surface area contributed by atoms with Gasteiger partial charge in [-0.3, -0.25) is 14.9 Å². The van der Waals surface area contributed by atoms with Crippen LogP contribution in [0, 0.1) is 0 Å². The summed E-state index contributed by atoms with van der Waals surface area (Å²) in [6.07, 6.45) is 0.981. The number of thioether (sulfide) groups is 2. The van der Waals surface area contributed by atoms with Crippen molar-refractivity contribution in [1.29, 1.82) is 0 Å². The van der Waals surface area contributed by atoms with Crippen LogP contribution in [0.15, 0.2) is 64.6 Å². The van der Waals surface area contributed by atoms with Gasteiger partial charge in [0.25, 0.3) is 0 Å². The predicted molar refractivity (Wildman–Crippen MR) is 130 cm³/mol. The molecule has 3 aromatic rings. The van der Waals surface area contributed by atoms with E-state index in [9.17, 15) is 9.59 Å². The molecule has 1 aromatic heterocycles. The van der Waals surface area contributed by atoms with Gasteiger partial charge in [-0.2, -0.15) is 9.36 Å². The zero-order valence-electron chi connectivity index (χ0n) is 17.3. The van der Waals surface area contributed by atoms with E-state index in [1.165, 1.54) is 23.3 Å². The molecule has 0 fully saturated rings. The fourth-order valence-corrected chi connectivity index (χ4v) is 5.04. The zero-order valence-corrected chi connectivity index (χ0v) is 19.8. The maximum atomic E-state index is 12.7. The number of anilines is 2. The SMILES string of the molecule is CCSc1nsc(NC(=O)C(CC)Sc2cccc(NC(=O)Cc3ccccc3)c2)n1. The third-order valence-corrected chi connectivity index (χ3v) is 7.01. The monoisotopic (exact) mass is 472 g/mol. The molecule has 6 nitrogen and oxygen atoms in total. The largest absolute Gasteiger partial charge is 0.326 e. The predicted octanol–water partition coefficient (Wildman–Crippen LogP) is 5.34. The Morgan fingerprint density at radius 2 is 1.87 bits per heavy atom. The standard InChI is InChI=1S/C22H24N4O2S3/c1-3-18(20(28)24-21-25-22(26-31-21)29-4-2)30-17-12-8-11-16(14-17)23-19(27)13-15-9-6-5-7-10-15/h5-12,14,18H,3-4,13H2,1-2H3,(H,23,27)(H,24,25,26,28). The molecule has 1 heterocycles. The molecular formula is C22H24N4O2S3. The number of hydrogen-bond acceptors (Lipinski definition) is 7. The summed E-state index contributed by atoms with van der Waals surface area (Å²) in [5.41, 5.74) is 1.68. The Morgan fingerprint density at radius 3 is 2.61 bits per heavy atom. The molecule has 2 N–H and O–H groups in total. The normalized spacial score (nSPS) is 11.7. The van der Waals surface area contributed by atoms with Crippen LogP contribution in [-0.4, -0.2) is 32.2 Å². The second-order valence-corrected chi connectivity index (χ2v) is 9.82. The number of aromatic nitrogens is 2. The Balaban J connectivity index is 1.58. The van der Waals surface area contributed by atoms with Crippen molar-refractivity contribution in [2.75, 3.05) is 16.4 Å². The molecule has 2 aromatic carbocycles. The minimum Gasteiger partial charge on any atom is -0.326 e. The minimum absolute atomic E-state index is 0.0739. The van der Waals surface area contributed by atoms with E-state index < -0.39 is 0 Å². The first-order valence-electron chi connectivity index (χ1n) is 9.95. The third kappa shape index (κ3) is 7.37. The third-order valence-electron chi connectivity index (χ3n) is 4.18. The fraction of sp³-hybridized carbons (Fsp3) is 0.273. The van der Waals surface area contributed by atoms with Crippen LogP contribution in [0.4, 0.5) is 10.8 Å². The van der Waals surface area contributed by atoms with Crippen molar-refractivity contribution in [3.8, 4) is 0 Å². The van der Waals surface area contributed by atoms with Crippen molar-refractivity contribution in [2.45, 2.75) is 42.0 Å². The number of carbonyl (C=O) groups excluding carboxylic acids is 2. The summed E-state index contributed by atoms with van der Waals surface area (Å²) in [4.78, 5) is 30.3. The quantitative estimate of drug-likeness (QED) is 0.388. The van der Waals surface area contributed by atoms with Gasteiger partial charge < -0.3 is 5.32 Å². The molecule has 0 saturated carbocycles. The van der Waals surface area contributed by atoms with E-state index in [1.807, 2.05) is 68.4 Å². The maximum absolute atomic E-state index is 12.7. The highest BCUT2D eigenvalue weighted by Gasteiger charge is 2.20. The first-order chi connectivity index (χ1) is 15.1. The zero-order chi connectivity index (χ0) is 22.1. The van der Waals surface area contributed by atoms with Crippen LogP contribution in [0.2, 0.25) is 0 Å². The first kappa shape index (κ1) is 23.3. The Morgan fingerprint density at radius 1 is 1.06 bits per heavy atom. The Bertz CT molecular complexity index is 1010. The number of amides is 2. The Kier molecular flexibility index (Phi) is 8.93. The number of rotatable bonds is 10. The molecular weight excluding hydrogens is 448 g/mol. The molecule has 9 heteroatoms. The van der Waals surface area contributed by atoms with E-state index in [0.29, 0.717) is 28.8 Å². The molecule has 0 aliphatic rings. The van der Waals surface area contributed by atoms with E-state index in [0.717, 1.165) is 16.2 Å². The van der Waals surface area contributed by atoms with Gasteiger partial charge in [0, 0.05) is 22.1 Å². The van der Waals surface area contributed by atoms with Gasteiger partial charge in [0.1, 0.15) is 0 Å². The number of nitrogens with zero attached hydrogens (tertiary/aromatic N) is 2. The topological polar surface area (TPSA) is 84.0 Å². The molecule has 0 spiro atoms. The Hall–Kier alpha value is -2.36. The van der Waals surface area contributed by atoms with Gasteiger partial charge in [-0.25, -0.2) is 0 Å². The smallest absolute Gasteiger partial charge is 0.239 e. The van der Waals surface area contributed by atoms with E-state index >= 15 is 0 Å². The second-order valence-electron chi connectivity index (χ2n) is 6.56. The average molecular weight is 473 g/mol. The Labute approximate surface area is 194 Å². The lowest BCUT2D eigenvalue weighted by Gasteiger charge is -2.14. The maximum Gasteiger partial charge on any atom is 0.239 e. The van der Waals surface area contributed by atoms with Gasteiger partial charge in [0.15, 0.2) is 0 Å². The molecule has 31 heavy (non-hydrogen) atoms. The summed E-state index contributed by atoms with van der Waals surface area (Å²) < 4.78 is 4.23. The van der Waals surface area contributed by atoms with Crippen molar-refractivity contribution >= 4 is 57.7 Å². The molecule has 162 valence electrons. The number of nitrogens with one attached hydrogen (secondary N) is 2. The summed E-state index contributed by atoms with van der Waals surface area (Å²) in [6, 6.07) is 17.2. The highest BCUT2D eigenvalue weighted by atomic mass is 32.2. The first-order valence-corrected chi connectivity index (χ1v) is 12.6. The summed E-state index contributed by atoms with van der Waals surface area (Å²) >= 11 is 4.20. The van der Waals surface area contributed by atoms with E-state index in [4.69, 9.17) is 0 Å². The lowest BCUT2D eigenvalue weighted by Crippen LogP contribution is -2.24. The van der Waals surface area contributed by atoms with Crippen LogP contribution >= 0.6 is 35.1 Å². The van der Waals surface area contributed by atoms with Gasteiger partial charge in [-0.1, -0.05) is 62.0 Å². The molecule has 0 radical (unpaired) electrons. The van der Waals surface area contributed by atoms with Gasteiger partial charge in [0.05, 0.1) is 11.7 Å². The van der Waals surface area contributed by atoms with Crippen LogP contribution in [0.5, 0.6) is 0 Å². The van der Waals surface area contributed by atoms with Crippen LogP contribution in [0.1, 0.15) is 25.8 Å². The molecule has 0 bridgehead atoms. The van der Waals surface area contributed by atoms with Crippen LogP contribution < -0.4 is 10.6 Å². The summed E-state index contributed by atoms with van der Waals surface area (Å²) in [7, 11) is 0. The van der Waals surface area contributed by atoms with Gasteiger partial charge in [0.2, 0.25) is 22.1 Å². The van der Waals surface area contributed by atoms with Gasteiger partial charge in [-0.15, -0.1) is 11.8 Å². The average Bonchev–Trinajstić information content (AvgIpc) is 3.20. The van der Waals surface area contributed by atoms with Crippen molar-refractivity contribution in [3.63, 3.8) is 0 Å². The summed E-state index contributed by atoms with van der Waals surface area (Å²) in [5.74, 6) is 0.709. The second kappa shape index (κ2) is 11.9. The lowest BCUT2D eigenvalue weighted by molar-refractivity contribution is -0.116. The van der Waals surface area contributed by atoms with Crippen molar-refractivity contribution in [2.24, 2.45) is 0 Å². The number of carbonyl (C=O) groups is 2. The van der Waals surface area contributed by atoms with Crippen LogP contribution in [0.3, 0.4) is 0 Å². The fourth-order valence-electron chi connectivity index (χ4n) is 2.75. The van der Waals surface area contributed by atoms with Crippen molar-refractivity contribution in [1.82, 2.24) is 9.36 Å². The highest BCUT2D eigenvalue weighted by Crippen LogP contribution is 2.29. The van der Waals surface area contributed by atoms with Crippen molar-refractivity contribution in [3.05, 3.63) is 60.2 Å². The molecule has 0 aliphatic carbocycles. The van der Waals surface area contributed by atoms with Gasteiger partial charge in [-0.05, 0) is 35.9 Å². The molecule has 1 unspecified atom stereocenters. The lowest BCUT2D eigenvalue weighted by atomic mass is 10.1. The van der Waals surface area contributed by atoms with Gasteiger partial charge >= 0.3 is 0 Å². The van der Waals surface area contributed by atoms with E-state index in [2.05, 4.69) is 20.0 Å². The van der Waals surface area contributed by atoms with Crippen LogP contribution in [0.25, 0.3) is 0 Å². The molecule has 0 aliphatic heterocycles.